The smallest absolute Gasteiger partial charge is 0.272 e. The van der Waals surface area contributed by atoms with Gasteiger partial charge in [-0.05, 0) is 32.1 Å². The number of thiocarbonyl (C=S) groups is 1. The lowest BCUT2D eigenvalue weighted by Crippen LogP contribution is -2.39. The molecule has 1 aromatic rings. The summed E-state index contributed by atoms with van der Waals surface area (Å²) in [5, 5.41) is 0. The number of pyridine rings is 1. The van der Waals surface area contributed by atoms with Gasteiger partial charge in [-0.3, -0.25) is 9.78 Å². The normalized spacial score (nSPS) is 11.0. The summed E-state index contributed by atoms with van der Waals surface area (Å²) >= 11 is 4.89. The average Bonchev–Trinajstić information content (AvgIpc) is 2.42. The van der Waals surface area contributed by atoms with Crippen molar-refractivity contribution in [2.24, 2.45) is 11.7 Å². The fourth-order valence-corrected chi connectivity index (χ4v) is 1.99. The van der Waals surface area contributed by atoms with Crippen LogP contribution in [-0.4, -0.2) is 59.4 Å². The van der Waals surface area contributed by atoms with Crippen molar-refractivity contribution in [3.8, 4) is 0 Å². The van der Waals surface area contributed by atoms with Crippen LogP contribution in [0.5, 0.6) is 0 Å². The number of hydrogen-bond acceptors (Lipinski definition) is 4. The molecule has 21 heavy (non-hydrogen) atoms. The van der Waals surface area contributed by atoms with Crippen molar-refractivity contribution >= 4 is 23.1 Å². The number of likely N-dealkylation sites (N-methyl/N-ethyl adjacent to an activating group) is 1. The van der Waals surface area contributed by atoms with Crippen LogP contribution in [0.15, 0.2) is 18.3 Å². The molecule has 1 heterocycles. The Morgan fingerprint density at radius 1 is 1.33 bits per heavy atom. The Morgan fingerprint density at radius 2 is 2.00 bits per heavy atom. The first-order chi connectivity index (χ1) is 9.81. The van der Waals surface area contributed by atoms with E-state index >= 15 is 0 Å². The predicted molar refractivity (Wildman–Crippen MR) is 89.4 cm³/mol. The molecule has 1 amide bonds. The molecule has 0 aromatic carbocycles. The second-order valence-corrected chi connectivity index (χ2v) is 6.18. The summed E-state index contributed by atoms with van der Waals surface area (Å²) in [6.07, 6.45) is 1.55. The number of nitrogens with zero attached hydrogens (tertiary/aromatic N) is 3. The van der Waals surface area contributed by atoms with Crippen molar-refractivity contribution in [1.29, 1.82) is 0 Å². The molecule has 0 aliphatic carbocycles. The molecule has 1 rings (SSSR count). The molecule has 0 fully saturated rings. The molecule has 0 spiro atoms. The first-order valence-electron chi connectivity index (χ1n) is 7.01. The Hall–Kier alpha value is -1.53. The van der Waals surface area contributed by atoms with Crippen LogP contribution in [0.25, 0.3) is 0 Å². The third-order valence-electron chi connectivity index (χ3n) is 2.96. The van der Waals surface area contributed by atoms with E-state index < -0.39 is 0 Å². The fraction of sp³-hybridized carbons (Fsp3) is 0.533. The lowest BCUT2D eigenvalue weighted by atomic mass is 10.2. The molecule has 0 bridgehead atoms. The quantitative estimate of drug-likeness (QED) is 0.771. The van der Waals surface area contributed by atoms with Crippen LogP contribution in [-0.2, 0) is 0 Å². The summed E-state index contributed by atoms with van der Waals surface area (Å²) in [6.45, 7) is 6.41. The van der Waals surface area contributed by atoms with Gasteiger partial charge in [-0.15, -0.1) is 0 Å². The Bertz CT molecular complexity index is 485. The molecule has 0 saturated heterocycles. The van der Waals surface area contributed by atoms with E-state index in [9.17, 15) is 4.79 Å². The van der Waals surface area contributed by atoms with Crippen molar-refractivity contribution in [1.82, 2.24) is 14.8 Å². The van der Waals surface area contributed by atoms with Crippen molar-refractivity contribution in [2.45, 2.75) is 13.8 Å². The molecular weight excluding hydrogens is 284 g/mol. The fourth-order valence-electron chi connectivity index (χ4n) is 1.87. The molecule has 0 atom stereocenters. The van der Waals surface area contributed by atoms with Gasteiger partial charge in [0.25, 0.3) is 5.91 Å². The number of hydrogen-bond donors (Lipinski definition) is 1. The molecule has 0 aliphatic rings. The minimum atomic E-state index is -0.0555. The van der Waals surface area contributed by atoms with Crippen molar-refractivity contribution in [3.63, 3.8) is 0 Å². The highest BCUT2D eigenvalue weighted by Crippen LogP contribution is 2.07. The third-order valence-corrected chi connectivity index (χ3v) is 3.19. The van der Waals surface area contributed by atoms with Gasteiger partial charge in [0.15, 0.2) is 0 Å². The summed E-state index contributed by atoms with van der Waals surface area (Å²) in [5.74, 6) is 0.354. The van der Waals surface area contributed by atoms with E-state index in [2.05, 4.69) is 23.7 Å². The summed E-state index contributed by atoms with van der Waals surface area (Å²) in [6, 6.07) is 3.42. The molecule has 0 radical (unpaired) electrons. The van der Waals surface area contributed by atoms with E-state index in [4.69, 9.17) is 18.0 Å². The van der Waals surface area contributed by atoms with Crippen LogP contribution < -0.4 is 5.73 Å². The van der Waals surface area contributed by atoms with Crippen LogP contribution in [0.4, 0.5) is 0 Å². The third kappa shape index (κ3) is 5.77. The summed E-state index contributed by atoms with van der Waals surface area (Å²) in [5.41, 5.74) is 6.63. The highest BCUT2D eigenvalue weighted by atomic mass is 32.1. The van der Waals surface area contributed by atoms with Gasteiger partial charge in [0.2, 0.25) is 0 Å². The Balaban J connectivity index is 2.85. The van der Waals surface area contributed by atoms with E-state index in [0.717, 1.165) is 6.54 Å². The predicted octanol–water partition coefficient (Wildman–Crippen LogP) is 1.38. The molecular formula is C15H24N4OS. The van der Waals surface area contributed by atoms with Crippen molar-refractivity contribution in [3.05, 3.63) is 29.6 Å². The van der Waals surface area contributed by atoms with Crippen LogP contribution in [0.3, 0.4) is 0 Å². The molecule has 2 N–H and O–H groups in total. The van der Waals surface area contributed by atoms with E-state index in [1.54, 1.807) is 18.3 Å². The molecule has 0 aliphatic heterocycles. The minimum Gasteiger partial charge on any atom is -0.389 e. The SMILES string of the molecule is CC(C)CN(CCN(C)C)C(=O)c1ccc(C(N)=S)cn1. The van der Waals surface area contributed by atoms with Crippen LogP contribution in [0.2, 0.25) is 0 Å². The number of amides is 1. The maximum Gasteiger partial charge on any atom is 0.272 e. The monoisotopic (exact) mass is 308 g/mol. The highest BCUT2D eigenvalue weighted by Gasteiger charge is 2.18. The Morgan fingerprint density at radius 3 is 2.43 bits per heavy atom. The maximum absolute atomic E-state index is 12.6. The lowest BCUT2D eigenvalue weighted by molar-refractivity contribution is 0.0719. The second kappa shape index (κ2) is 8.05. The van der Waals surface area contributed by atoms with E-state index in [-0.39, 0.29) is 10.9 Å². The van der Waals surface area contributed by atoms with Crippen LogP contribution in [0, 0.1) is 5.92 Å². The van der Waals surface area contributed by atoms with Crippen LogP contribution >= 0.6 is 12.2 Å². The van der Waals surface area contributed by atoms with E-state index in [1.165, 1.54) is 0 Å². The van der Waals surface area contributed by atoms with Crippen molar-refractivity contribution in [2.75, 3.05) is 33.7 Å². The van der Waals surface area contributed by atoms with Gasteiger partial charge in [-0.25, -0.2) is 0 Å². The molecule has 5 nitrogen and oxygen atoms in total. The summed E-state index contributed by atoms with van der Waals surface area (Å²) < 4.78 is 0. The van der Waals surface area contributed by atoms with Crippen molar-refractivity contribution < 1.29 is 4.79 Å². The Kier molecular flexibility index (Phi) is 6.71. The zero-order chi connectivity index (χ0) is 16.0. The number of carbonyl (C=O) groups is 1. The minimum absolute atomic E-state index is 0.0555. The van der Waals surface area contributed by atoms with Gasteiger partial charge in [0.05, 0.1) is 0 Å². The highest BCUT2D eigenvalue weighted by molar-refractivity contribution is 7.80. The maximum atomic E-state index is 12.6. The summed E-state index contributed by atoms with van der Waals surface area (Å²) in [7, 11) is 3.99. The number of rotatable bonds is 7. The average molecular weight is 308 g/mol. The van der Waals surface area contributed by atoms with E-state index in [1.807, 2.05) is 19.0 Å². The standard InChI is InChI=1S/C15H24N4OS/c1-11(2)10-19(8-7-18(3)4)15(20)13-6-5-12(9-17-13)14(16)21/h5-6,9,11H,7-8,10H2,1-4H3,(H2,16,21). The second-order valence-electron chi connectivity index (χ2n) is 5.74. The first-order valence-corrected chi connectivity index (χ1v) is 7.42. The molecule has 0 saturated carbocycles. The molecule has 116 valence electrons. The number of nitrogens with two attached hydrogens (primary N) is 1. The largest absolute Gasteiger partial charge is 0.389 e. The van der Waals surface area contributed by atoms with E-state index in [0.29, 0.717) is 30.3 Å². The molecule has 6 heteroatoms. The van der Waals surface area contributed by atoms with Gasteiger partial charge in [-0.1, -0.05) is 26.1 Å². The molecule has 1 aromatic heterocycles. The number of aromatic nitrogens is 1. The van der Waals surface area contributed by atoms with Gasteiger partial charge in [0.1, 0.15) is 10.7 Å². The van der Waals surface area contributed by atoms with Gasteiger partial charge < -0.3 is 15.5 Å². The first kappa shape index (κ1) is 17.5. The Labute approximate surface area is 132 Å². The van der Waals surface area contributed by atoms with Gasteiger partial charge in [0, 0.05) is 31.4 Å². The zero-order valence-corrected chi connectivity index (χ0v) is 14.0. The van der Waals surface area contributed by atoms with Gasteiger partial charge in [-0.2, -0.15) is 0 Å². The van der Waals surface area contributed by atoms with Crippen LogP contribution in [0.1, 0.15) is 29.9 Å². The zero-order valence-electron chi connectivity index (χ0n) is 13.2. The molecule has 0 unspecified atom stereocenters. The number of carbonyl (C=O) groups excluding carboxylic acids is 1. The van der Waals surface area contributed by atoms with Gasteiger partial charge >= 0.3 is 0 Å². The lowest BCUT2D eigenvalue weighted by Gasteiger charge is -2.25. The summed E-state index contributed by atoms with van der Waals surface area (Å²) in [4.78, 5) is 20.9. The topological polar surface area (TPSA) is 62.5 Å².